The minimum atomic E-state index is 0.778. The van der Waals surface area contributed by atoms with Crippen molar-refractivity contribution in [3.05, 3.63) is 0 Å². The molecule has 0 aromatic rings. The Morgan fingerprint density at radius 1 is 0.679 bits per heavy atom. The van der Waals surface area contributed by atoms with Crippen LogP contribution in [0.4, 0.5) is 0 Å². The van der Waals surface area contributed by atoms with Crippen molar-refractivity contribution in [1.29, 1.82) is 0 Å². The number of nitrogens with zero attached hydrogens (tertiary/aromatic N) is 2. The maximum atomic E-state index is 4.94. The first-order chi connectivity index (χ1) is 14.0. The summed E-state index contributed by atoms with van der Waals surface area (Å²) in [6.45, 7) is 10.1. The van der Waals surface area contributed by atoms with Crippen LogP contribution in [0.5, 0.6) is 0 Å². The second-order valence-corrected chi connectivity index (χ2v) is 7.80. The summed E-state index contributed by atoms with van der Waals surface area (Å²) in [4.78, 5) is 7.58. The molecule has 0 amide bonds. The molecule has 164 valence electrons. The summed E-state index contributed by atoms with van der Waals surface area (Å²) < 4.78 is 14.1. The van der Waals surface area contributed by atoms with Crippen LogP contribution in [0.25, 0.3) is 0 Å². The second kappa shape index (κ2) is 22.5. The molecule has 0 bridgehead atoms. The monoisotopic (exact) mass is 416 g/mol. The van der Waals surface area contributed by atoms with E-state index in [2.05, 4.69) is 41.9 Å². The summed E-state index contributed by atoms with van der Waals surface area (Å²) in [5, 5.41) is 6.15. The molecule has 0 atom stereocenters. The zero-order valence-corrected chi connectivity index (χ0v) is 18.2. The number of aliphatic imine (C=N–C) groups is 2. The number of thioether (sulfide) groups is 1. The smallest absolute Gasteiger partial charge is 0.169 e. The maximum absolute atomic E-state index is 4.94. The van der Waals surface area contributed by atoms with Crippen molar-refractivity contribution < 1.29 is 14.2 Å². The van der Waals surface area contributed by atoms with Crippen LogP contribution in [0, 0.1) is 0 Å². The van der Waals surface area contributed by atoms with E-state index >= 15 is 0 Å². The average Bonchev–Trinajstić information content (AvgIpc) is 3.49. The van der Waals surface area contributed by atoms with Gasteiger partial charge in [-0.2, -0.15) is 11.8 Å². The Bertz CT molecular complexity index is 282. The van der Waals surface area contributed by atoms with Gasteiger partial charge in [-0.05, 0) is 63.1 Å². The van der Waals surface area contributed by atoms with E-state index in [1.807, 2.05) is 0 Å². The molecule has 6 aliphatic heterocycles. The van der Waals surface area contributed by atoms with Crippen LogP contribution in [0.3, 0.4) is 0 Å². The van der Waals surface area contributed by atoms with E-state index in [1.54, 1.807) is 6.34 Å². The Morgan fingerprint density at radius 2 is 1.39 bits per heavy atom. The highest BCUT2D eigenvalue weighted by Gasteiger charge is 1.96. The molecule has 2 N–H and O–H groups in total. The lowest BCUT2D eigenvalue weighted by Gasteiger charge is -1.76. The van der Waals surface area contributed by atoms with Crippen LogP contribution in [-0.2, 0) is 14.2 Å². The summed E-state index contributed by atoms with van der Waals surface area (Å²) in [6.07, 6.45) is 11.5. The zero-order valence-electron chi connectivity index (χ0n) is 17.4. The Hall–Kier alpha value is -0.830. The predicted octanol–water partition coefficient (Wildman–Crippen LogP) is 2.36. The van der Waals surface area contributed by atoms with Gasteiger partial charge in [-0.3, -0.25) is 9.98 Å². The van der Waals surface area contributed by atoms with Crippen molar-refractivity contribution in [2.24, 2.45) is 9.98 Å². The van der Waals surface area contributed by atoms with E-state index in [4.69, 9.17) is 4.74 Å². The van der Waals surface area contributed by atoms with Gasteiger partial charge in [-0.1, -0.05) is 0 Å². The molecular formula is C20H40N4O3S. The quantitative estimate of drug-likeness (QED) is 0.590. The van der Waals surface area contributed by atoms with Gasteiger partial charge in [0.15, 0.2) is 6.40 Å². The standard InChI is InChI=1S/C4H9N.C4H8O.C4H8S.C3H6N2.C3H5NO.C2H4O/c3*1-2-4-5-3-1;2*1-2-5-3-4-1;1-2-3-1/h5H,1-4H2;2*1-4H2;3H,1-2H2,(H,4,5);3H,1-2H2;1-2H2. The predicted molar refractivity (Wildman–Crippen MR) is 120 cm³/mol. The minimum absolute atomic E-state index is 0.778. The van der Waals surface area contributed by atoms with Crippen molar-refractivity contribution in [2.45, 2.75) is 38.5 Å². The fourth-order valence-corrected chi connectivity index (χ4v) is 3.25. The fraction of sp³-hybridized carbons (Fsp3) is 0.900. The molecule has 6 aliphatic rings. The van der Waals surface area contributed by atoms with Gasteiger partial charge in [-0.25, -0.2) is 0 Å². The molecule has 8 heteroatoms. The largest absolute Gasteiger partial charge is 0.482 e. The summed E-state index contributed by atoms with van der Waals surface area (Å²) in [6, 6.07) is 0. The third-order valence-electron chi connectivity index (χ3n) is 3.87. The molecule has 0 unspecified atom stereocenters. The van der Waals surface area contributed by atoms with Crippen LogP contribution in [0.15, 0.2) is 9.98 Å². The van der Waals surface area contributed by atoms with Crippen LogP contribution in [0.2, 0.25) is 0 Å². The number of nitrogens with one attached hydrogen (secondary N) is 2. The highest BCUT2D eigenvalue weighted by molar-refractivity contribution is 7.99. The second-order valence-electron chi connectivity index (χ2n) is 6.58. The Kier molecular flexibility index (Phi) is 20.2. The summed E-state index contributed by atoms with van der Waals surface area (Å²) in [5.74, 6) is 2.83. The van der Waals surface area contributed by atoms with Gasteiger partial charge < -0.3 is 24.8 Å². The number of hydrogen-bond acceptors (Lipinski definition) is 8. The summed E-state index contributed by atoms with van der Waals surface area (Å²) in [5.41, 5.74) is 0. The molecule has 4 fully saturated rings. The molecular weight excluding hydrogens is 376 g/mol. The molecule has 7 nitrogen and oxygen atoms in total. The molecule has 4 saturated heterocycles. The Balaban J connectivity index is 0.000000169. The SMILES string of the molecule is C1=NCCN1.C1=NCCO1.C1CCNC1.C1CCOC1.C1CCSC1.C1CO1. The van der Waals surface area contributed by atoms with E-state index in [0.717, 1.165) is 52.7 Å². The van der Waals surface area contributed by atoms with E-state index in [0.29, 0.717) is 0 Å². The van der Waals surface area contributed by atoms with E-state index in [9.17, 15) is 0 Å². The maximum Gasteiger partial charge on any atom is 0.169 e. The average molecular weight is 417 g/mol. The van der Waals surface area contributed by atoms with Gasteiger partial charge in [-0.15, -0.1) is 0 Å². The van der Waals surface area contributed by atoms with Crippen molar-refractivity contribution >= 4 is 24.5 Å². The number of hydrogen-bond donors (Lipinski definition) is 2. The van der Waals surface area contributed by atoms with Gasteiger partial charge in [0.1, 0.15) is 6.61 Å². The highest BCUT2D eigenvalue weighted by Crippen LogP contribution is 2.14. The van der Waals surface area contributed by atoms with Gasteiger partial charge in [0, 0.05) is 19.8 Å². The zero-order chi connectivity index (χ0) is 19.8. The molecule has 0 aromatic heterocycles. The third-order valence-corrected chi connectivity index (χ3v) is 5.03. The van der Waals surface area contributed by atoms with Crippen molar-refractivity contribution in [2.75, 3.05) is 77.3 Å². The van der Waals surface area contributed by atoms with Gasteiger partial charge in [0.25, 0.3) is 0 Å². The first kappa shape index (κ1) is 25.2. The van der Waals surface area contributed by atoms with E-state index in [-0.39, 0.29) is 0 Å². The van der Waals surface area contributed by atoms with Gasteiger partial charge in [0.05, 0.1) is 32.6 Å². The van der Waals surface area contributed by atoms with Crippen LogP contribution in [-0.4, -0.2) is 90.0 Å². The molecule has 6 rings (SSSR count). The molecule has 28 heavy (non-hydrogen) atoms. The van der Waals surface area contributed by atoms with E-state index in [1.165, 1.54) is 69.5 Å². The lowest BCUT2D eigenvalue weighted by Crippen LogP contribution is -2.04. The topological polar surface area (TPSA) is 79.8 Å². The summed E-state index contributed by atoms with van der Waals surface area (Å²) >= 11 is 2.07. The molecule has 0 spiro atoms. The molecule has 6 heterocycles. The fourth-order valence-electron chi connectivity index (χ4n) is 2.23. The van der Waals surface area contributed by atoms with Crippen LogP contribution < -0.4 is 10.6 Å². The Labute approximate surface area is 175 Å². The summed E-state index contributed by atoms with van der Waals surface area (Å²) in [7, 11) is 0. The van der Waals surface area contributed by atoms with Crippen molar-refractivity contribution in [3.63, 3.8) is 0 Å². The van der Waals surface area contributed by atoms with Crippen molar-refractivity contribution in [1.82, 2.24) is 10.6 Å². The number of ether oxygens (including phenoxy) is 3. The first-order valence-corrected chi connectivity index (χ1v) is 11.9. The lowest BCUT2D eigenvalue weighted by atomic mass is 10.4. The van der Waals surface area contributed by atoms with Gasteiger partial charge >= 0.3 is 0 Å². The van der Waals surface area contributed by atoms with Crippen molar-refractivity contribution in [3.8, 4) is 0 Å². The molecule has 0 radical (unpaired) electrons. The number of epoxide rings is 1. The third kappa shape index (κ3) is 23.2. The van der Waals surface area contributed by atoms with E-state index < -0.39 is 0 Å². The van der Waals surface area contributed by atoms with Crippen LogP contribution in [0.1, 0.15) is 38.5 Å². The number of rotatable bonds is 0. The van der Waals surface area contributed by atoms with Gasteiger partial charge in [0.2, 0.25) is 0 Å². The molecule has 0 saturated carbocycles. The highest BCUT2D eigenvalue weighted by atomic mass is 32.2. The Morgan fingerprint density at radius 3 is 1.57 bits per heavy atom. The van der Waals surface area contributed by atoms with Crippen LogP contribution >= 0.6 is 11.8 Å². The minimum Gasteiger partial charge on any atom is -0.482 e. The normalized spacial score (nSPS) is 22.3. The first-order valence-electron chi connectivity index (χ1n) is 10.8. The molecule has 0 aliphatic carbocycles. The lowest BCUT2D eigenvalue weighted by molar-refractivity contribution is 0.198. The molecule has 0 aromatic carbocycles.